The van der Waals surface area contributed by atoms with Crippen LogP contribution < -0.4 is 5.32 Å². The summed E-state index contributed by atoms with van der Waals surface area (Å²) in [4.78, 5) is 8.78. The van der Waals surface area contributed by atoms with Gasteiger partial charge in [-0.3, -0.25) is 4.98 Å². The van der Waals surface area contributed by atoms with Crippen LogP contribution in [0.25, 0.3) is 5.65 Å². The molecular formula is C25H24BrClF2N6O2S. The molecule has 1 aliphatic rings. The molecule has 8 nitrogen and oxygen atoms in total. The third-order valence-corrected chi connectivity index (χ3v) is 9.51. The number of aromatic nitrogens is 4. The van der Waals surface area contributed by atoms with Gasteiger partial charge in [0.1, 0.15) is 10.7 Å². The first-order valence-electron chi connectivity index (χ1n) is 11.9. The minimum absolute atomic E-state index is 0.0174. The molecule has 1 aliphatic heterocycles. The van der Waals surface area contributed by atoms with Crippen molar-refractivity contribution in [2.24, 2.45) is 0 Å². The maximum Gasteiger partial charge on any atom is 0.270 e. The Labute approximate surface area is 232 Å². The number of hydrogen-bond acceptors (Lipinski definition) is 6. The zero-order chi connectivity index (χ0) is 27.1. The molecule has 13 heteroatoms. The van der Waals surface area contributed by atoms with Gasteiger partial charge in [-0.2, -0.15) is 13.9 Å². The molecule has 4 heterocycles. The predicted octanol–water partition coefficient (Wildman–Crippen LogP) is 5.83. The Morgan fingerprint density at radius 1 is 1.18 bits per heavy atom. The van der Waals surface area contributed by atoms with Crippen molar-refractivity contribution in [2.75, 3.05) is 18.4 Å². The quantitative estimate of drug-likeness (QED) is 0.278. The largest absolute Gasteiger partial charge is 0.366 e. The van der Waals surface area contributed by atoms with Crippen LogP contribution in [-0.4, -0.2) is 45.4 Å². The molecule has 3 aromatic heterocycles. The SMILES string of the molecule is CC(F)(F)c1ccc(S(=O)(=O)N2CCC(c3cc(NCc4cccnc4)n4ncc(Br)c4n3)CC2)c(Cl)c1. The number of pyridine rings is 1. The highest BCUT2D eigenvalue weighted by Gasteiger charge is 2.33. The first-order chi connectivity index (χ1) is 18.0. The van der Waals surface area contributed by atoms with E-state index in [1.807, 2.05) is 18.2 Å². The van der Waals surface area contributed by atoms with Crippen LogP contribution in [0.1, 0.15) is 42.5 Å². The molecule has 4 aromatic rings. The molecular weight excluding hydrogens is 602 g/mol. The van der Waals surface area contributed by atoms with Gasteiger partial charge in [-0.25, -0.2) is 22.2 Å². The lowest BCUT2D eigenvalue weighted by Crippen LogP contribution is -2.38. The molecule has 0 radical (unpaired) electrons. The maximum atomic E-state index is 13.6. The molecule has 1 fully saturated rings. The molecule has 1 aromatic carbocycles. The Balaban J connectivity index is 1.34. The Morgan fingerprint density at radius 2 is 1.95 bits per heavy atom. The summed E-state index contributed by atoms with van der Waals surface area (Å²) in [5.74, 6) is -2.34. The van der Waals surface area contributed by atoms with Crippen LogP contribution in [0.3, 0.4) is 0 Å². The molecule has 0 amide bonds. The van der Waals surface area contributed by atoms with Crippen LogP contribution in [0.15, 0.2) is 64.4 Å². The fraction of sp³-hybridized carbons (Fsp3) is 0.320. The van der Waals surface area contributed by atoms with Gasteiger partial charge in [0.15, 0.2) is 5.65 Å². The molecule has 200 valence electrons. The van der Waals surface area contributed by atoms with Crippen molar-refractivity contribution >= 4 is 49.0 Å². The molecule has 0 atom stereocenters. The normalized spacial score (nSPS) is 15.7. The summed E-state index contributed by atoms with van der Waals surface area (Å²) in [6.45, 7) is 1.79. The van der Waals surface area contributed by atoms with Crippen molar-refractivity contribution in [1.82, 2.24) is 23.9 Å². The summed E-state index contributed by atoms with van der Waals surface area (Å²) in [7, 11) is -3.94. The zero-order valence-electron chi connectivity index (χ0n) is 20.3. The van der Waals surface area contributed by atoms with Crippen molar-refractivity contribution < 1.29 is 17.2 Å². The number of piperidine rings is 1. The number of sulfonamides is 1. The summed E-state index contributed by atoms with van der Waals surface area (Å²) >= 11 is 9.65. The van der Waals surface area contributed by atoms with Crippen molar-refractivity contribution in [2.45, 2.75) is 43.0 Å². The summed E-state index contributed by atoms with van der Waals surface area (Å²) < 4.78 is 57.7. The fourth-order valence-corrected chi connectivity index (χ4v) is 6.84. The average Bonchev–Trinajstić information content (AvgIpc) is 3.28. The van der Waals surface area contributed by atoms with E-state index in [1.165, 1.54) is 4.31 Å². The first-order valence-corrected chi connectivity index (χ1v) is 14.5. The van der Waals surface area contributed by atoms with Gasteiger partial charge in [0.25, 0.3) is 5.92 Å². The molecule has 1 N–H and O–H groups in total. The van der Waals surface area contributed by atoms with Crippen LogP contribution in [0, 0.1) is 0 Å². The second kappa shape index (κ2) is 10.5. The van der Waals surface area contributed by atoms with Gasteiger partial charge in [0.05, 0.1) is 15.7 Å². The number of benzene rings is 1. The van der Waals surface area contributed by atoms with Gasteiger partial charge in [-0.05, 0) is 52.5 Å². The van der Waals surface area contributed by atoms with E-state index in [2.05, 4.69) is 31.3 Å². The molecule has 0 spiro atoms. The predicted molar refractivity (Wildman–Crippen MR) is 144 cm³/mol. The number of alkyl halides is 2. The van der Waals surface area contributed by atoms with Gasteiger partial charge < -0.3 is 5.32 Å². The molecule has 0 unspecified atom stereocenters. The lowest BCUT2D eigenvalue weighted by molar-refractivity contribution is 0.0174. The van der Waals surface area contributed by atoms with Gasteiger partial charge >= 0.3 is 0 Å². The topological polar surface area (TPSA) is 92.5 Å². The third-order valence-electron chi connectivity index (χ3n) is 6.57. The molecule has 38 heavy (non-hydrogen) atoms. The second-order valence-electron chi connectivity index (χ2n) is 9.22. The van der Waals surface area contributed by atoms with Crippen LogP contribution in [0.2, 0.25) is 5.02 Å². The highest BCUT2D eigenvalue weighted by Crippen LogP contribution is 2.36. The number of rotatable bonds is 7. The summed E-state index contributed by atoms with van der Waals surface area (Å²) in [5, 5.41) is 7.59. The van der Waals surface area contributed by atoms with E-state index in [9.17, 15) is 17.2 Å². The van der Waals surface area contributed by atoms with E-state index in [0.29, 0.717) is 25.0 Å². The lowest BCUT2D eigenvalue weighted by atomic mass is 9.94. The van der Waals surface area contributed by atoms with Crippen molar-refractivity contribution in [1.29, 1.82) is 0 Å². The van der Waals surface area contributed by atoms with E-state index in [1.54, 1.807) is 23.1 Å². The Bertz CT molecular complexity index is 1570. The number of anilines is 1. The highest BCUT2D eigenvalue weighted by molar-refractivity contribution is 9.10. The maximum absolute atomic E-state index is 13.6. The van der Waals surface area contributed by atoms with E-state index in [0.717, 1.165) is 46.7 Å². The van der Waals surface area contributed by atoms with Gasteiger partial charge in [0.2, 0.25) is 10.0 Å². The lowest BCUT2D eigenvalue weighted by Gasteiger charge is -2.31. The minimum atomic E-state index is -3.94. The van der Waals surface area contributed by atoms with Crippen LogP contribution in [0.5, 0.6) is 0 Å². The van der Waals surface area contributed by atoms with Gasteiger partial charge in [0, 0.05) is 62.2 Å². The minimum Gasteiger partial charge on any atom is -0.366 e. The van der Waals surface area contributed by atoms with E-state index >= 15 is 0 Å². The fourth-order valence-electron chi connectivity index (χ4n) is 4.50. The number of nitrogens with zero attached hydrogens (tertiary/aromatic N) is 5. The van der Waals surface area contributed by atoms with Crippen molar-refractivity contribution in [3.05, 3.63) is 81.3 Å². The van der Waals surface area contributed by atoms with Crippen LogP contribution in [0.4, 0.5) is 14.6 Å². The summed E-state index contributed by atoms with van der Waals surface area (Å²) in [6, 6.07) is 9.07. The molecule has 0 aliphatic carbocycles. The molecule has 5 rings (SSSR count). The van der Waals surface area contributed by atoms with Gasteiger partial charge in [-0.15, -0.1) is 0 Å². The number of halogens is 4. The summed E-state index contributed by atoms with van der Waals surface area (Å²) in [5.41, 5.74) is 2.17. The molecule has 0 bridgehead atoms. The van der Waals surface area contributed by atoms with Crippen molar-refractivity contribution in [3.8, 4) is 0 Å². The smallest absolute Gasteiger partial charge is 0.270 e. The van der Waals surface area contributed by atoms with Crippen LogP contribution >= 0.6 is 27.5 Å². The second-order valence-corrected chi connectivity index (χ2v) is 12.4. The zero-order valence-corrected chi connectivity index (χ0v) is 23.4. The standard InChI is InChI=1S/C25H24BrClF2N6O2S/c1-25(28,29)18-4-5-22(20(27)11-18)38(36,37)34-9-6-17(7-10-34)21-12-23(31-14-16-3-2-8-30-13-16)35-24(33-21)19(26)15-32-35/h2-5,8,11-13,15,17,31H,6-7,9-10,14H2,1H3. The Kier molecular flexibility index (Phi) is 7.42. The number of hydrogen-bond donors (Lipinski definition) is 1. The monoisotopic (exact) mass is 624 g/mol. The average molecular weight is 626 g/mol. The first kappa shape index (κ1) is 26.9. The third kappa shape index (κ3) is 5.40. The van der Waals surface area contributed by atoms with E-state index < -0.39 is 15.9 Å². The van der Waals surface area contributed by atoms with Gasteiger partial charge in [-0.1, -0.05) is 23.7 Å². The van der Waals surface area contributed by atoms with E-state index in [4.69, 9.17) is 16.6 Å². The Morgan fingerprint density at radius 3 is 2.61 bits per heavy atom. The number of nitrogens with one attached hydrogen (secondary N) is 1. The summed E-state index contributed by atoms with van der Waals surface area (Å²) in [6.07, 6.45) is 6.27. The van der Waals surface area contributed by atoms with Crippen molar-refractivity contribution in [3.63, 3.8) is 0 Å². The number of fused-ring (bicyclic) bond motifs is 1. The van der Waals surface area contributed by atoms with E-state index in [-0.39, 0.29) is 34.5 Å². The Hall–Kier alpha value is -2.67. The molecule has 1 saturated heterocycles. The highest BCUT2D eigenvalue weighted by atomic mass is 79.9. The molecule has 0 saturated carbocycles. The van der Waals surface area contributed by atoms with Crippen LogP contribution in [-0.2, 0) is 22.5 Å².